The molecule has 1 aliphatic heterocycles. The largest absolute Gasteiger partial charge is 0.360 e. The summed E-state index contributed by atoms with van der Waals surface area (Å²) in [7, 11) is -1.57. The number of aryl methyl sites for hydroxylation is 3. The molecule has 0 amide bonds. The van der Waals surface area contributed by atoms with Gasteiger partial charge in [-0.25, -0.2) is 8.42 Å². The number of nitrogens with zero attached hydrogens (tertiary/aromatic N) is 3. The summed E-state index contributed by atoms with van der Waals surface area (Å²) in [6.45, 7) is 6.91. The lowest BCUT2D eigenvalue weighted by Gasteiger charge is -2.39. The molecular formula is C17H23N3O3S. The van der Waals surface area contributed by atoms with Crippen LogP contribution in [0, 0.1) is 20.8 Å². The van der Waals surface area contributed by atoms with E-state index in [-0.39, 0.29) is 10.9 Å². The molecule has 0 saturated carbocycles. The Kier molecular flexibility index (Phi) is 4.50. The van der Waals surface area contributed by atoms with Crippen molar-refractivity contribution in [1.29, 1.82) is 0 Å². The maximum absolute atomic E-state index is 13.0. The van der Waals surface area contributed by atoms with Crippen molar-refractivity contribution in [1.82, 2.24) is 14.4 Å². The lowest BCUT2D eigenvalue weighted by atomic mass is 10.0. The van der Waals surface area contributed by atoms with Crippen molar-refractivity contribution in [3.05, 3.63) is 46.8 Å². The second kappa shape index (κ2) is 6.31. The lowest BCUT2D eigenvalue weighted by molar-refractivity contribution is 0.148. The van der Waals surface area contributed by atoms with Crippen molar-refractivity contribution in [3.8, 4) is 0 Å². The predicted octanol–water partition coefficient (Wildman–Crippen LogP) is 2.28. The summed E-state index contributed by atoms with van der Waals surface area (Å²) < 4.78 is 32.7. The van der Waals surface area contributed by atoms with Gasteiger partial charge in [-0.2, -0.15) is 4.31 Å². The van der Waals surface area contributed by atoms with Crippen molar-refractivity contribution >= 4 is 10.0 Å². The van der Waals surface area contributed by atoms with E-state index in [1.165, 1.54) is 5.56 Å². The van der Waals surface area contributed by atoms with Crippen LogP contribution in [-0.2, 0) is 10.0 Å². The smallest absolute Gasteiger partial charge is 0.248 e. The lowest BCUT2D eigenvalue weighted by Crippen LogP contribution is -2.49. The number of aromatic nitrogens is 1. The minimum atomic E-state index is -3.60. The molecule has 2 heterocycles. The number of piperazine rings is 1. The van der Waals surface area contributed by atoms with Crippen LogP contribution < -0.4 is 0 Å². The average molecular weight is 349 g/mol. The van der Waals surface area contributed by atoms with Gasteiger partial charge in [0.15, 0.2) is 5.76 Å². The number of hydrogen-bond acceptors (Lipinski definition) is 5. The fourth-order valence-corrected chi connectivity index (χ4v) is 4.92. The summed E-state index contributed by atoms with van der Waals surface area (Å²) in [6, 6.07) is 8.30. The van der Waals surface area contributed by atoms with Gasteiger partial charge in [0.05, 0.1) is 0 Å². The molecule has 1 fully saturated rings. The highest BCUT2D eigenvalue weighted by atomic mass is 32.2. The van der Waals surface area contributed by atoms with E-state index in [0.717, 1.165) is 5.56 Å². The van der Waals surface area contributed by atoms with E-state index in [0.29, 0.717) is 31.1 Å². The molecular weight excluding hydrogens is 326 g/mol. The van der Waals surface area contributed by atoms with E-state index in [2.05, 4.69) is 34.3 Å². The molecule has 0 spiro atoms. The van der Waals surface area contributed by atoms with Crippen LogP contribution in [0.15, 0.2) is 33.7 Å². The molecule has 1 saturated heterocycles. The first-order chi connectivity index (χ1) is 11.3. The fourth-order valence-electron chi connectivity index (χ4n) is 3.19. The molecule has 130 valence electrons. The Hall–Kier alpha value is -1.70. The third kappa shape index (κ3) is 2.99. The van der Waals surface area contributed by atoms with Gasteiger partial charge in [0, 0.05) is 25.7 Å². The van der Waals surface area contributed by atoms with Gasteiger partial charge in [-0.3, -0.25) is 4.90 Å². The first-order valence-electron chi connectivity index (χ1n) is 8.00. The highest BCUT2D eigenvalue weighted by Crippen LogP contribution is 2.30. The topological polar surface area (TPSA) is 66.7 Å². The molecule has 0 unspecified atom stereocenters. The Labute approximate surface area is 143 Å². The molecule has 1 aromatic heterocycles. The number of hydrogen-bond donors (Lipinski definition) is 0. The van der Waals surface area contributed by atoms with Crippen molar-refractivity contribution in [3.63, 3.8) is 0 Å². The highest BCUT2D eigenvalue weighted by Gasteiger charge is 2.36. The first kappa shape index (κ1) is 17.1. The Morgan fingerprint density at radius 2 is 1.79 bits per heavy atom. The zero-order valence-corrected chi connectivity index (χ0v) is 15.3. The summed E-state index contributed by atoms with van der Waals surface area (Å²) in [5.41, 5.74) is 2.73. The first-order valence-corrected chi connectivity index (χ1v) is 9.44. The Bertz CT molecular complexity index is 808. The van der Waals surface area contributed by atoms with Crippen LogP contribution in [0.25, 0.3) is 0 Å². The standard InChI is InChI=1S/C17H23N3O3S/c1-12-5-7-15(8-6-12)16-11-20(10-9-19(16)4)24(21,22)17-13(2)18-23-14(17)3/h5-8,16H,9-11H2,1-4H3/t16-/m0/s1. The summed E-state index contributed by atoms with van der Waals surface area (Å²) in [6.07, 6.45) is 0. The van der Waals surface area contributed by atoms with E-state index in [4.69, 9.17) is 4.52 Å². The molecule has 6 nitrogen and oxygen atoms in total. The minimum absolute atomic E-state index is 0.0367. The van der Waals surface area contributed by atoms with Gasteiger partial charge in [0.1, 0.15) is 10.6 Å². The zero-order chi connectivity index (χ0) is 17.5. The van der Waals surface area contributed by atoms with E-state index < -0.39 is 10.0 Å². The summed E-state index contributed by atoms with van der Waals surface area (Å²) in [4.78, 5) is 2.40. The number of benzene rings is 1. The van der Waals surface area contributed by atoms with Gasteiger partial charge in [0.2, 0.25) is 10.0 Å². The van der Waals surface area contributed by atoms with Crippen molar-refractivity contribution in [2.24, 2.45) is 0 Å². The van der Waals surface area contributed by atoms with E-state index >= 15 is 0 Å². The van der Waals surface area contributed by atoms with Crippen LogP contribution in [-0.4, -0.2) is 49.5 Å². The second-order valence-corrected chi connectivity index (χ2v) is 8.30. The third-order valence-corrected chi connectivity index (χ3v) is 6.75. The normalized spacial score (nSPS) is 20.4. The van der Waals surface area contributed by atoms with E-state index in [9.17, 15) is 8.42 Å². The fraction of sp³-hybridized carbons (Fsp3) is 0.471. The third-order valence-electron chi connectivity index (χ3n) is 4.64. The predicted molar refractivity (Wildman–Crippen MR) is 91.3 cm³/mol. The Balaban J connectivity index is 1.91. The number of sulfonamides is 1. The van der Waals surface area contributed by atoms with Gasteiger partial charge in [-0.1, -0.05) is 35.0 Å². The maximum Gasteiger partial charge on any atom is 0.248 e. The summed E-state index contributed by atoms with van der Waals surface area (Å²) >= 11 is 0. The molecule has 0 bridgehead atoms. The SMILES string of the molecule is Cc1ccc([C@@H]2CN(S(=O)(=O)c3c(C)noc3C)CCN2C)cc1. The molecule has 24 heavy (non-hydrogen) atoms. The van der Waals surface area contributed by atoms with Crippen LogP contribution in [0.2, 0.25) is 0 Å². The Morgan fingerprint density at radius 3 is 2.38 bits per heavy atom. The monoisotopic (exact) mass is 349 g/mol. The maximum atomic E-state index is 13.0. The van der Waals surface area contributed by atoms with Crippen molar-refractivity contribution in [2.45, 2.75) is 31.7 Å². The van der Waals surface area contributed by atoms with Crippen LogP contribution in [0.1, 0.15) is 28.6 Å². The Morgan fingerprint density at radius 1 is 1.12 bits per heavy atom. The quantitative estimate of drug-likeness (QED) is 0.850. The van der Waals surface area contributed by atoms with E-state index in [1.54, 1.807) is 18.2 Å². The van der Waals surface area contributed by atoms with Crippen LogP contribution in [0.5, 0.6) is 0 Å². The van der Waals surface area contributed by atoms with Crippen molar-refractivity contribution in [2.75, 3.05) is 26.7 Å². The van der Waals surface area contributed by atoms with Crippen molar-refractivity contribution < 1.29 is 12.9 Å². The molecule has 0 radical (unpaired) electrons. The van der Waals surface area contributed by atoms with Crippen LogP contribution >= 0.6 is 0 Å². The minimum Gasteiger partial charge on any atom is -0.360 e. The molecule has 0 N–H and O–H groups in total. The van der Waals surface area contributed by atoms with Gasteiger partial charge in [0.25, 0.3) is 0 Å². The molecule has 1 aliphatic rings. The van der Waals surface area contributed by atoms with Gasteiger partial charge in [-0.05, 0) is 33.4 Å². The zero-order valence-electron chi connectivity index (χ0n) is 14.5. The van der Waals surface area contributed by atoms with Gasteiger partial charge < -0.3 is 4.52 Å². The molecule has 1 aromatic carbocycles. The average Bonchev–Trinajstić information content (AvgIpc) is 2.88. The molecule has 7 heteroatoms. The number of likely N-dealkylation sites (N-methyl/N-ethyl adjacent to an activating group) is 1. The van der Waals surface area contributed by atoms with E-state index in [1.807, 2.05) is 14.0 Å². The van der Waals surface area contributed by atoms with Gasteiger partial charge in [-0.15, -0.1) is 0 Å². The summed E-state index contributed by atoms with van der Waals surface area (Å²) in [5.74, 6) is 0.346. The second-order valence-electron chi connectivity index (χ2n) is 6.42. The van der Waals surface area contributed by atoms with Crippen LogP contribution in [0.4, 0.5) is 0 Å². The summed E-state index contributed by atoms with van der Waals surface area (Å²) in [5, 5.41) is 3.79. The van der Waals surface area contributed by atoms with Gasteiger partial charge >= 0.3 is 0 Å². The number of rotatable bonds is 3. The molecule has 3 rings (SSSR count). The van der Waals surface area contributed by atoms with Crippen LogP contribution in [0.3, 0.4) is 0 Å². The molecule has 1 atom stereocenters. The molecule has 0 aliphatic carbocycles. The molecule has 2 aromatic rings. The highest BCUT2D eigenvalue weighted by molar-refractivity contribution is 7.89.